The summed E-state index contributed by atoms with van der Waals surface area (Å²) < 4.78 is 47.5. The average molecular weight is 676 g/mol. The normalized spacial score (nSPS) is 11.9. The van der Waals surface area contributed by atoms with Crippen molar-refractivity contribution in [3.05, 3.63) is 148 Å². The largest absolute Gasteiger partial charge is 0.494 e. The van der Waals surface area contributed by atoms with E-state index in [1.54, 1.807) is 13.0 Å². The maximum Gasteiger partial charge on any atom is 0.417 e. The van der Waals surface area contributed by atoms with Gasteiger partial charge in [-0.25, -0.2) is 4.98 Å². The molecule has 1 heterocycles. The first kappa shape index (κ1) is 34.7. The van der Waals surface area contributed by atoms with E-state index in [-0.39, 0.29) is 30.4 Å². The smallest absolute Gasteiger partial charge is 0.417 e. The molecule has 11 heteroatoms. The molecule has 2 N–H and O–H groups in total. The number of benzene rings is 4. The molecule has 0 bridgehead atoms. The number of nitrogens with zero attached hydrogens (tertiary/aromatic N) is 3. The van der Waals surface area contributed by atoms with Crippen LogP contribution in [0.1, 0.15) is 52.8 Å². The fourth-order valence-electron chi connectivity index (χ4n) is 5.73. The Balaban J connectivity index is 1.32. The second kappa shape index (κ2) is 15.5. The van der Waals surface area contributed by atoms with Crippen molar-refractivity contribution < 1.29 is 22.7 Å². The molecule has 0 unspecified atom stereocenters. The molecule has 4 aromatic carbocycles. The third-order valence-corrected chi connectivity index (χ3v) is 8.69. The average Bonchev–Trinajstić information content (AvgIpc) is 3.51. The maximum absolute atomic E-state index is 13.8. The molecule has 0 saturated carbocycles. The molecule has 250 valence electrons. The summed E-state index contributed by atoms with van der Waals surface area (Å²) in [6.45, 7) is 5.09. The first-order chi connectivity index (χ1) is 23.0. The second-order valence-corrected chi connectivity index (χ2v) is 12.0. The number of rotatable bonds is 14. The monoisotopic (exact) mass is 675 g/mol. The Morgan fingerprint density at radius 1 is 0.938 bits per heavy atom. The minimum absolute atomic E-state index is 0.165. The molecule has 0 saturated heterocycles. The highest BCUT2D eigenvalue weighted by Crippen LogP contribution is 2.40. The summed E-state index contributed by atoms with van der Waals surface area (Å²) in [5.41, 5.74) is 1.59. The van der Waals surface area contributed by atoms with E-state index in [0.29, 0.717) is 42.5 Å². The van der Waals surface area contributed by atoms with Crippen molar-refractivity contribution in [1.29, 1.82) is 0 Å². The van der Waals surface area contributed by atoms with Crippen LogP contribution in [0.4, 0.5) is 13.2 Å². The number of aromatic nitrogens is 3. The first-order valence-corrected chi connectivity index (χ1v) is 16.0. The minimum Gasteiger partial charge on any atom is -0.494 e. The zero-order valence-electron chi connectivity index (χ0n) is 26.7. The number of hydrogen-bond donors (Lipinski definition) is 2. The number of nitrogens with one attached hydrogen (secondary N) is 2. The number of carbonyl (C=O) groups excluding carboxylic acids is 1. The highest BCUT2D eigenvalue weighted by atomic mass is 35.5. The van der Waals surface area contributed by atoms with Crippen molar-refractivity contribution in [2.45, 2.75) is 51.5 Å². The molecular formula is C37H37ClF3N5O2. The molecule has 7 nitrogen and oxygen atoms in total. The molecule has 0 atom stereocenters. The predicted molar refractivity (Wildman–Crippen MR) is 179 cm³/mol. The van der Waals surface area contributed by atoms with Crippen LogP contribution in [-0.2, 0) is 36.0 Å². The Morgan fingerprint density at radius 3 is 2.23 bits per heavy atom. The van der Waals surface area contributed by atoms with Crippen LogP contribution in [0.5, 0.6) is 5.75 Å². The lowest BCUT2D eigenvalue weighted by atomic mass is 9.82. The lowest BCUT2D eigenvalue weighted by Gasteiger charge is -2.43. The Morgan fingerprint density at radius 2 is 1.60 bits per heavy atom. The number of amides is 1. The van der Waals surface area contributed by atoms with Gasteiger partial charge in [0.05, 0.1) is 35.7 Å². The fourth-order valence-corrected chi connectivity index (χ4v) is 6.02. The highest BCUT2D eigenvalue weighted by Gasteiger charge is 2.38. The summed E-state index contributed by atoms with van der Waals surface area (Å²) in [7, 11) is 0. The number of ether oxygens (including phenoxy) is 1. The van der Waals surface area contributed by atoms with Gasteiger partial charge in [-0.15, -0.1) is 0 Å². The van der Waals surface area contributed by atoms with Gasteiger partial charge in [-0.3, -0.25) is 14.8 Å². The number of halogens is 4. The van der Waals surface area contributed by atoms with Crippen molar-refractivity contribution in [3.63, 3.8) is 0 Å². The molecule has 0 radical (unpaired) electrons. The molecule has 0 fully saturated rings. The van der Waals surface area contributed by atoms with Gasteiger partial charge in [0.2, 0.25) is 5.91 Å². The van der Waals surface area contributed by atoms with E-state index >= 15 is 0 Å². The number of carbonyl (C=O) groups is 1. The summed E-state index contributed by atoms with van der Waals surface area (Å²) in [5, 5.41) is 9.30. The third-order valence-electron chi connectivity index (χ3n) is 8.24. The zero-order chi connectivity index (χ0) is 34.1. The van der Waals surface area contributed by atoms with Crippen LogP contribution in [-0.4, -0.2) is 39.1 Å². The Kier molecular flexibility index (Phi) is 11.2. The molecule has 5 aromatic rings. The summed E-state index contributed by atoms with van der Waals surface area (Å²) >= 11 is 6.42. The lowest BCUT2D eigenvalue weighted by Crippen LogP contribution is -2.45. The van der Waals surface area contributed by atoms with Crippen LogP contribution in [0.15, 0.2) is 103 Å². The van der Waals surface area contributed by atoms with E-state index in [9.17, 15) is 18.0 Å². The van der Waals surface area contributed by atoms with E-state index in [1.165, 1.54) is 6.07 Å². The Labute approximate surface area is 283 Å². The van der Waals surface area contributed by atoms with Crippen LogP contribution in [0, 0.1) is 6.92 Å². The Bertz CT molecular complexity index is 1760. The molecule has 0 spiro atoms. The molecule has 1 amide bonds. The first-order valence-electron chi connectivity index (χ1n) is 15.6. The second-order valence-electron chi connectivity index (χ2n) is 11.6. The van der Waals surface area contributed by atoms with Crippen molar-refractivity contribution in [1.82, 2.24) is 25.4 Å². The van der Waals surface area contributed by atoms with Gasteiger partial charge >= 0.3 is 6.18 Å². The summed E-state index contributed by atoms with van der Waals surface area (Å²) in [6.07, 6.45) is -3.84. The van der Waals surface area contributed by atoms with Gasteiger partial charge in [-0.05, 0) is 60.7 Å². The molecule has 48 heavy (non-hydrogen) atoms. The topological polar surface area (TPSA) is 83.1 Å². The summed E-state index contributed by atoms with van der Waals surface area (Å²) in [5.74, 6) is 1.64. The molecular weight excluding hydrogens is 639 g/mol. The van der Waals surface area contributed by atoms with Gasteiger partial charge < -0.3 is 10.1 Å². The van der Waals surface area contributed by atoms with E-state index in [1.807, 2.05) is 84.9 Å². The predicted octanol–water partition coefficient (Wildman–Crippen LogP) is 7.88. The van der Waals surface area contributed by atoms with Crippen LogP contribution in [0.3, 0.4) is 0 Å². The van der Waals surface area contributed by atoms with E-state index in [2.05, 4.69) is 32.3 Å². The van der Waals surface area contributed by atoms with Crippen LogP contribution >= 0.6 is 11.6 Å². The third kappa shape index (κ3) is 8.62. The van der Waals surface area contributed by atoms with E-state index in [0.717, 1.165) is 22.8 Å². The maximum atomic E-state index is 13.8. The number of aromatic amines is 1. The van der Waals surface area contributed by atoms with Gasteiger partial charge in [0.15, 0.2) is 5.82 Å². The molecule has 5 rings (SSSR count). The number of alkyl halides is 3. The van der Waals surface area contributed by atoms with Gasteiger partial charge in [-0.2, -0.15) is 18.3 Å². The van der Waals surface area contributed by atoms with Gasteiger partial charge in [0, 0.05) is 13.1 Å². The molecule has 0 aliphatic heterocycles. The quantitative estimate of drug-likeness (QED) is 0.117. The van der Waals surface area contributed by atoms with Crippen LogP contribution in [0.25, 0.3) is 0 Å². The Hall–Kier alpha value is -4.67. The number of hydrogen-bond acceptors (Lipinski definition) is 5. The van der Waals surface area contributed by atoms with Crippen molar-refractivity contribution in [3.8, 4) is 5.75 Å². The molecule has 0 aliphatic rings. The van der Waals surface area contributed by atoms with Crippen LogP contribution in [0.2, 0.25) is 5.02 Å². The van der Waals surface area contributed by atoms with Gasteiger partial charge in [-0.1, -0.05) is 96.5 Å². The van der Waals surface area contributed by atoms with E-state index < -0.39 is 17.3 Å². The summed E-state index contributed by atoms with van der Waals surface area (Å²) in [6, 6.07) is 31.2. The number of H-pyrrole nitrogens is 1. The minimum atomic E-state index is -4.57. The molecule has 0 aliphatic carbocycles. The van der Waals surface area contributed by atoms with Gasteiger partial charge in [0.25, 0.3) is 0 Å². The van der Waals surface area contributed by atoms with Crippen molar-refractivity contribution >= 4 is 17.5 Å². The summed E-state index contributed by atoms with van der Waals surface area (Å²) in [4.78, 5) is 18.9. The highest BCUT2D eigenvalue weighted by molar-refractivity contribution is 6.32. The SMILES string of the molecule is Cc1nc(CNC(=O)Cc2cccc(OCCCN(Cc3cccc(C(F)(F)F)c3Cl)C(C)(c3ccccc3)c3ccccc3)c2)n[nH]1. The lowest BCUT2D eigenvalue weighted by molar-refractivity contribution is -0.137. The zero-order valence-corrected chi connectivity index (χ0v) is 27.5. The van der Waals surface area contributed by atoms with Crippen molar-refractivity contribution in [2.24, 2.45) is 0 Å². The van der Waals surface area contributed by atoms with Crippen LogP contribution < -0.4 is 10.1 Å². The van der Waals surface area contributed by atoms with Gasteiger partial charge in [0.1, 0.15) is 11.6 Å². The standard InChI is InChI=1S/C37H37ClF3N5O2/c1-26-43-33(45-44-26)24-42-34(47)23-27-12-9-18-31(22-27)48-21-11-20-46(25-28-13-10-19-32(35(28)38)37(39,40)41)36(2,29-14-5-3-6-15-29)30-16-7-4-8-17-30/h3-10,12-19,22H,11,20-21,23-25H2,1-2H3,(H,42,47)(H,43,44,45). The fraction of sp³-hybridized carbons (Fsp3) is 0.270. The molecule has 1 aromatic heterocycles. The van der Waals surface area contributed by atoms with Crippen molar-refractivity contribution in [2.75, 3.05) is 13.2 Å². The van der Waals surface area contributed by atoms with E-state index in [4.69, 9.17) is 16.3 Å². The number of aryl methyl sites for hydroxylation is 1.